The van der Waals surface area contributed by atoms with Crippen LogP contribution in [0.4, 0.5) is 4.39 Å². The van der Waals surface area contributed by atoms with Gasteiger partial charge in [0.25, 0.3) is 0 Å². The van der Waals surface area contributed by atoms with E-state index in [0.29, 0.717) is 12.3 Å². The molecule has 126 valence electrons. The molecule has 23 heavy (non-hydrogen) atoms. The van der Waals surface area contributed by atoms with Crippen LogP contribution in [0.15, 0.2) is 24.3 Å². The fourth-order valence-corrected chi connectivity index (χ4v) is 3.82. The Kier molecular flexibility index (Phi) is 5.28. The fraction of sp³-hybridized carbons (Fsp3) is 0.611. The number of benzene rings is 1. The number of halogens is 1. The van der Waals surface area contributed by atoms with Gasteiger partial charge in [-0.3, -0.25) is 9.69 Å². The van der Waals surface area contributed by atoms with E-state index in [0.717, 1.165) is 51.3 Å². The molecule has 2 aliphatic heterocycles. The third-order valence-corrected chi connectivity index (χ3v) is 5.08. The Morgan fingerprint density at radius 1 is 1.30 bits per heavy atom. The van der Waals surface area contributed by atoms with E-state index in [1.807, 2.05) is 11.0 Å². The molecule has 1 amide bonds. The van der Waals surface area contributed by atoms with E-state index in [9.17, 15) is 9.18 Å². The largest absolute Gasteiger partial charge is 0.340 e. The van der Waals surface area contributed by atoms with Gasteiger partial charge >= 0.3 is 0 Å². The minimum Gasteiger partial charge on any atom is -0.340 e. The molecule has 0 radical (unpaired) electrons. The third kappa shape index (κ3) is 3.90. The molecule has 1 aromatic rings. The van der Waals surface area contributed by atoms with Crippen molar-refractivity contribution in [3.8, 4) is 0 Å². The first-order chi connectivity index (χ1) is 11.1. The summed E-state index contributed by atoms with van der Waals surface area (Å²) in [6.07, 6.45) is 1.65. The Morgan fingerprint density at radius 3 is 2.83 bits per heavy atom. The second kappa shape index (κ2) is 7.41. The highest BCUT2D eigenvalue weighted by molar-refractivity contribution is 5.76. The lowest BCUT2D eigenvalue weighted by Crippen LogP contribution is -2.47. The van der Waals surface area contributed by atoms with Crippen LogP contribution >= 0.6 is 0 Å². The van der Waals surface area contributed by atoms with Crippen LogP contribution in [0.1, 0.15) is 31.4 Å². The topological polar surface area (TPSA) is 35.6 Å². The van der Waals surface area contributed by atoms with Crippen LogP contribution in [0, 0.1) is 11.7 Å². The predicted molar refractivity (Wildman–Crippen MR) is 88.6 cm³/mol. The molecule has 2 unspecified atom stereocenters. The first-order valence-corrected chi connectivity index (χ1v) is 8.63. The van der Waals surface area contributed by atoms with Crippen LogP contribution in [-0.4, -0.2) is 55.0 Å². The maximum atomic E-state index is 13.5. The maximum absolute atomic E-state index is 13.5. The quantitative estimate of drug-likeness (QED) is 0.922. The number of piperazine rings is 1. The van der Waals surface area contributed by atoms with E-state index in [4.69, 9.17) is 0 Å². The molecule has 5 heteroatoms. The van der Waals surface area contributed by atoms with Gasteiger partial charge in [0.15, 0.2) is 0 Å². The van der Waals surface area contributed by atoms with Gasteiger partial charge in [-0.15, -0.1) is 0 Å². The van der Waals surface area contributed by atoms with Gasteiger partial charge in [0.2, 0.25) is 5.91 Å². The monoisotopic (exact) mass is 319 g/mol. The summed E-state index contributed by atoms with van der Waals surface area (Å²) in [7, 11) is 0. The van der Waals surface area contributed by atoms with Crippen molar-refractivity contribution >= 4 is 5.91 Å². The molecular weight excluding hydrogens is 293 g/mol. The van der Waals surface area contributed by atoms with Gasteiger partial charge < -0.3 is 10.2 Å². The van der Waals surface area contributed by atoms with Gasteiger partial charge in [-0.05, 0) is 36.6 Å². The molecule has 0 saturated carbocycles. The summed E-state index contributed by atoms with van der Waals surface area (Å²) in [4.78, 5) is 16.6. The molecule has 0 bridgehead atoms. The predicted octanol–water partition coefficient (Wildman–Crippen LogP) is 2.03. The molecule has 1 aromatic carbocycles. The van der Waals surface area contributed by atoms with Crippen molar-refractivity contribution in [1.29, 1.82) is 0 Å². The molecule has 2 saturated heterocycles. The summed E-state index contributed by atoms with van der Waals surface area (Å²) in [5.41, 5.74) is 1.03. The lowest BCUT2D eigenvalue weighted by atomic mass is 9.95. The van der Waals surface area contributed by atoms with Crippen molar-refractivity contribution in [2.45, 2.75) is 25.8 Å². The Morgan fingerprint density at radius 2 is 2.09 bits per heavy atom. The minimum atomic E-state index is -0.182. The van der Waals surface area contributed by atoms with E-state index in [-0.39, 0.29) is 17.8 Å². The highest BCUT2D eigenvalue weighted by Gasteiger charge is 2.32. The van der Waals surface area contributed by atoms with Gasteiger partial charge in [0.05, 0.1) is 0 Å². The number of nitrogens with one attached hydrogen (secondary N) is 1. The highest BCUT2D eigenvalue weighted by Crippen LogP contribution is 2.37. The van der Waals surface area contributed by atoms with Crippen LogP contribution in [-0.2, 0) is 4.79 Å². The number of hydrogen-bond donors (Lipinski definition) is 1. The average molecular weight is 319 g/mol. The zero-order chi connectivity index (χ0) is 16.2. The van der Waals surface area contributed by atoms with Gasteiger partial charge in [-0.25, -0.2) is 4.39 Å². The smallest absolute Gasteiger partial charge is 0.223 e. The Bertz CT molecular complexity index is 545. The van der Waals surface area contributed by atoms with E-state index >= 15 is 0 Å². The second-order valence-corrected chi connectivity index (χ2v) is 6.68. The molecule has 2 fully saturated rings. The Hall–Kier alpha value is -1.46. The molecule has 0 spiro atoms. The number of likely N-dealkylation sites (tertiary alicyclic amines) is 1. The highest BCUT2D eigenvalue weighted by atomic mass is 19.1. The third-order valence-electron chi connectivity index (χ3n) is 5.08. The first-order valence-electron chi connectivity index (χ1n) is 8.63. The zero-order valence-corrected chi connectivity index (χ0v) is 13.8. The Balaban J connectivity index is 1.61. The van der Waals surface area contributed by atoms with Crippen LogP contribution in [0.3, 0.4) is 0 Å². The van der Waals surface area contributed by atoms with Gasteiger partial charge in [-0.1, -0.05) is 19.1 Å². The lowest BCUT2D eigenvalue weighted by molar-refractivity contribution is -0.132. The average Bonchev–Trinajstić information content (AvgIpc) is 2.94. The van der Waals surface area contributed by atoms with E-state index in [2.05, 4.69) is 17.1 Å². The van der Waals surface area contributed by atoms with Gasteiger partial charge in [-0.2, -0.15) is 0 Å². The first kappa shape index (κ1) is 16.4. The summed E-state index contributed by atoms with van der Waals surface area (Å²) < 4.78 is 13.5. The van der Waals surface area contributed by atoms with Crippen LogP contribution in [0.2, 0.25) is 0 Å². The van der Waals surface area contributed by atoms with Crippen molar-refractivity contribution in [2.24, 2.45) is 5.92 Å². The van der Waals surface area contributed by atoms with Crippen molar-refractivity contribution in [3.05, 3.63) is 35.6 Å². The number of nitrogens with zero attached hydrogens (tertiary/aromatic N) is 2. The molecule has 3 rings (SSSR count). The molecule has 2 aliphatic rings. The summed E-state index contributed by atoms with van der Waals surface area (Å²) >= 11 is 0. The number of amides is 1. The number of carbonyl (C=O) groups excluding carboxylic acids is 1. The van der Waals surface area contributed by atoms with Crippen LogP contribution < -0.4 is 5.32 Å². The molecule has 0 aliphatic carbocycles. The summed E-state index contributed by atoms with van der Waals surface area (Å²) in [6.45, 7) is 7.35. The molecule has 1 N–H and O–H groups in total. The summed E-state index contributed by atoms with van der Waals surface area (Å²) in [5.74, 6) is 0.550. The fourth-order valence-electron chi connectivity index (χ4n) is 3.82. The summed E-state index contributed by atoms with van der Waals surface area (Å²) in [6, 6.07) is 7.13. The minimum absolute atomic E-state index is 0.182. The Labute approximate surface area is 137 Å². The van der Waals surface area contributed by atoms with Crippen molar-refractivity contribution in [1.82, 2.24) is 15.1 Å². The van der Waals surface area contributed by atoms with Crippen LogP contribution in [0.25, 0.3) is 0 Å². The lowest BCUT2D eigenvalue weighted by Gasteiger charge is -2.30. The SMILES string of the molecule is CC1CCN(CCC(=O)N2CCNCC2)C1c1cccc(F)c1. The molecular formula is C18H26FN3O. The van der Waals surface area contributed by atoms with E-state index in [1.165, 1.54) is 6.07 Å². The van der Waals surface area contributed by atoms with Crippen LogP contribution in [0.5, 0.6) is 0 Å². The number of rotatable bonds is 4. The zero-order valence-electron chi connectivity index (χ0n) is 13.8. The number of hydrogen-bond acceptors (Lipinski definition) is 3. The summed E-state index contributed by atoms with van der Waals surface area (Å²) in [5, 5.41) is 3.27. The van der Waals surface area contributed by atoms with E-state index < -0.39 is 0 Å². The number of carbonyl (C=O) groups is 1. The second-order valence-electron chi connectivity index (χ2n) is 6.68. The normalized spacial score (nSPS) is 25.7. The maximum Gasteiger partial charge on any atom is 0.223 e. The van der Waals surface area contributed by atoms with E-state index in [1.54, 1.807) is 12.1 Å². The van der Waals surface area contributed by atoms with Crippen molar-refractivity contribution < 1.29 is 9.18 Å². The van der Waals surface area contributed by atoms with Gasteiger partial charge in [0.1, 0.15) is 5.82 Å². The molecule has 4 nitrogen and oxygen atoms in total. The standard InChI is InChI=1S/C18H26FN3O/c1-14-5-9-22(18(14)15-3-2-4-16(19)13-15)10-6-17(23)21-11-7-20-8-12-21/h2-4,13-14,18,20H,5-12H2,1H3. The molecule has 2 atom stereocenters. The molecule has 2 heterocycles. The molecule has 0 aromatic heterocycles. The van der Waals surface area contributed by atoms with Crippen molar-refractivity contribution in [2.75, 3.05) is 39.3 Å². The van der Waals surface area contributed by atoms with Crippen molar-refractivity contribution in [3.63, 3.8) is 0 Å². The van der Waals surface area contributed by atoms with Gasteiger partial charge in [0, 0.05) is 45.2 Å².